The van der Waals surface area contributed by atoms with Gasteiger partial charge in [-0.2, -0.15) is 0 Å². The Labute approximate surface area is 136 Å². The van der Waals surface area contributed by atoms with Crippen LogP contribution in [-0.4, -0.2) is 17.5 Å². The van der Waals surface area contributed by atoms with Gasteiger partial charge in [0.2, 0.25) is 0 Å². The first-order valence-corrected chi connectivity index (χ1v) is 7.82. The first-order chi connectivity index (χ1) is 11.1. The Hall–Kier alpha value is -2.75. The number of nitrogens with one attached hydrogen (secondary N) is 2. The largest absolute Gasteiger partial charge is 0.370 e. The van der Waals surface area contributed by atoms with E-state index in [0.717, 1.165) is 17.6 Å². The highest BCUT2D eigenvalue weighted by molar-refractivity contribution is 5.92. The molecule has 0 unspecified atom stereocenters. The Balaban J connectivity index is 1.63. The second-order valence-corrected chi connectivity index (χ2v) is 5.88. The zero-order chi connectivity index (χ0) is 16.2. The third kappa shape index (κ3) is 3.72. The molecule has 0 aliphatic carbocycles. The van der Waals surface area contributed by atoms with Crippen LogP contribution >= 0.6 is 0 Å². The van der Waals surface area contributed by atoms with E-state index in [9.17, 15) is 0 Å². The van der Waals surface area contributed by atoms with E-state index in [1.165, 1.54) is 22.1 Å². The normalized spacial score (nSPS) is 11.8. The van der Waals surface area contributed by atoms with Crippen LogP contribution in [0, 0.1) is 13.8 Å². The summed E-state index contributed by atoms with van der Waals surface area (Å²) in [6.45, 7) is 4.80. The van der Waals surface area contributed by atoms with Crippen molar-refractivity contribution in [2.75, 3.05) is 11.9 Å². The quantitative estimate of drug-likeness (QED) is 0.507. The number of rotatable bonds is 4. The van der Waals surface area contributed by atoms with Crippen molar-refractivity contribution in [2.24, 2.45) is 10.7 Å². The molecule has 0 spiro atoms. The number of fused-ring (bicyclic) bond motifs is 1. The molecule has 0 aliphatic rings. The predicted octanol–water partition coefficient (Wildman–Crippen LogP) is 3.75. The van der Waals surface area contributed by atoms with Gasteiger partial charge in [-0.1, -0.05) is 24.3 Å². The van der Waals surface area contributed by atoms with Crippen molar-refractivity contribution in [2.45, 2.75) is 20.3 Å². The van der Waals surface area contributed by atoms with E-state index in [1.807, 2.05) is 12.3 Å². The minimum atomic E-state index is 0.454. The number of aromatic amines is 1. The predicted molar refractivity (Wildman–Crippen MR) is 98.0 cm³/mol. The summed E-state index contributed by atoms with van der Waals surface area (Å²) >= 11 is 0. The molecule has 2 aromatic carbocycles. The van der Waals surface area contributed by atoms with Crippen LogP contribution in [0.15, 0.2) is 53.7 Å². The summed E-state index contributed by atoms with van der Waals surface area (Å²) in [7, 11) is 0. The van der Waals surface area contributed by atoms with Gasteiger partial charge in [-0.3, -0.25) is 4.99 Å². The number of hydrogen-bond acceptors (Lipinski definition) is 1. The second-order valence-electron chi connectivity index (χ2n) is 5.88. The lowest BCUT2D eigenvalue weighted by molar-refractivity contribution is 0.972. The molecule has 4 N–H and O–H groups in total. The van der Waals surface area contributed by atoms with Crippen LogP contribution in [0.2, 0.25) is 0 Å². The maximum atomic E-state index is 5.99. The van der Waals surface area contributed by atoms with Crippen molar-refractivity contribution in [1.82, 2.24) is 4.98 Å². The molecule has 0 bridgehead atoms. The molecule has 0 atom stereocenters. The third-order valence-electron chi connectivity index (χ3n) is 3.83. The molecule has 118 valence electrons. The van der Waals surface area contributed by atoms with Crippen LogP contribution in [0.1, 0.15) is 16.7 Å². The van der Waals surface area contributed by atoms with Gasteiger partial charge in [0.15, 0.2) is 5.96 Å². The summed E-state index contributed by atoms with van der Waals surface area (Å²) in [6, 6.07) is 14.6. The van der Waals surface area contributed by atoms with Crippen molar-refractivity contribution < 1.29 is 0 Å². The fourth-order valence-corrected chi connectivity index (χ4v) is 2.87. The minimum Gasteiger partial charge on any atom is -0.370 e. The fourth-order valence-electron chi connectivity index (χ4n) is 2.87. The number of guanidine groups is 1. The number of aliphatic imine (C=N–C) groups is 1. The van der Waals surface area contributed by atoms with Crippen LogP contribution in [-0.2, 0) is 6.42 Å². The SMILES string of the molecule is Cc1cc(C)cc(NC(N)=NCCc2c[nH]c3ccccc23)c1. The summed E-state index contributed by atoms with van der Waals surface area (Å²) in [6.07, 6.45) is 2.91. The fraction of sp³-hybridized carbons (Fsp3) is 0.211. The summed E-state index contributed by atoms with van der Waals surface area (Å²) in [5.74, 6) is 0.454. The van der Waals surface area contributed by atoms with E-state index >= 15 is 0 Å². The van der Waals surface area contributed by atoms with Gasteiger partial charge in [0.05, 0.1) is 0 Å². The monoisotopic (exact) mass is 306 g/mol. The standard InChI is InChI=1S/C19H22N4/c1-13-9-14(2)11-16(10-13)23-19(20)21-8-7-15-12-22-18-6-4-3-5-17(15)18/h3-6,9-12,22H,7-8H2,1-2H3,(H3,20,21,23). The second kappa shape index (κ2) is 6.57. The van der Waals surface area contributed by atoms with Gasteiger partial charge in [0.1, 0.15) is 0 Å². The van der Waals surface area contributed by atoms with Crippen LogP contribution in [0.25, 0.3) is 10.9 Å². The highest BCUT2D eigenvalue weighted by atomic mass is 15.1. The summed E-state index contributed by atoms with van der Waals surface area (Å²) < 4.78 is 0. The third-order valence-corrected chi connectivity index (χ3v) is 3.83. The van der Waals surface area contributed by atoms with Crippen molar-refractivity contribution in [1.29, 1.82) is 0 Å². The van der Waals surface area contributed by atoms with Crippen molar-refractivity contribution in [3.8, 4) is 0 Å². The smallest absolute Gasteiger partial charge is 0.193 e. The van der Waals surface area contributed by atoms with E-state index in [-0.39, 0.29) is 0 Å². The summed E-state index contributed by atoms with van der Waals surface area (Å²) in [5.41, 5.74) is 11.8. The number of nitrogens with zero attached hydrogens (tertiary/aromatic N) is 1. The number of benzene rings is 2. The molecule has 0 saturated carbocycles. The molecule has 4 nitrogen and oxygen atoms in total. The Bertz CT molecular complexity index is 825. The number of hydrogen-bond donors (Lipinski definition) is 3. The number of anilines is 1. The molecule has 0 aliphatic heterocycles. The molecule has 0 fully saturated rings. The Morgan fingerprint density at radius 1 is 1.13 bits per heavy atom. The summed E-state index contributed by atoms with van der Waals surface area (Å²) in [4.78, 5) is 7.71. The van der Waals surface area contributed by atoms with E-state index in [2.05, 4.69) is 65.5 Å². The molecule has 1 heterocycles. The number of nitrogens with two attached hydrogens (primary N) is 1. The van der Waals surface area contributed by atoms with E-state index in [4.69, 9.17) is 5.73 Å². The maximum absolute atomic E-state index is 5.99. The minimum absolute atomic E-state index is 0.454. The molecule has 3 rings (SSSR count). The molecule has 0 radical (unpaired) electrons. The van der Waals surface area contributed by atoms with Crippen LogP contribution in [0.5, 0.6) is 0 Å². The average Bonchev–Trinajstić information content (AvgIpc) is 2.90. The lowest BCUT2D eigenvalue weighted by Crippen LogP contribution is -2.23. The highest BCUT2D eigenvalue weighted by Gasteiger charge is 2.02. The molecule has 4 heteroatoms. The topological polar surface area (TPSA) is 66.2 Å². The van der Waals surface area contributed by atoms with Crippen LogP contribution in [0.3, 0.4) is 0 Å². The maximum Gasteiger partial charge on any atom is 0.193 e. The summed E-state index contributed by atoms with van der Waals surface area (Å²) in [5, 5.41) is 4.41. The molecule has 3 aromatic rings. The number of aromatic nitrogens is 1. The molecule has 1 aromatic heterocycles. The van der Waals surface area contributed by atoms with Gasteiger partial charge < -0.3 is 16.0 Å². The molecule has 0 saturated heterocycles. The van der Waals surface area contributed by atoms with Gasteiger partial charge in [-0.05, 0) is 55.2 Å². The van der Waals surface area contributed by atoms with Crippen LogP contribution in [0.4, 0.5) is 5.69 Å². The lowest BCUT2D eigenvalue weighted by atomic mass is 10.1. The Morgan fingerprint density at radius 3 is 2.65 bits per heavy atom. The number of aryl methyl sites for hydroxylation is 2. The van der Waals surface area contributed by atoms with Crippen molar-refractivity contribution >= 4 is 22.5 Å². The molecular weight excluding hydrogens is 284 g/mol. The van der Waals surface area contributed by atoms with Gasteiger partial charge in [-0.15, -0.1) is 0 Å². The zero-order valence-electron chi connectivity index (χ0n) is 13.6. The van der Waals surface area contributed by atoms with E-state index < -0.39 is 0 Å². The first-order valence-electron chi connectivity index (χ1n) is 7.82. The highest BCUT2D eigenvalue weighted by Crippen LogP contribution is 2.18. The van der Waals surface area contributed by atoms with Crippen molar-refractivity contribution in [3.05, 3.63) is 65.4 Å². The van der Waals surface area contributed by atoms with Gasteiger partial charge in [0.25, 0.3) is 0 Å². The molecule has 0 amide bonds. The van der Waals surface area contributed by atoms with Crippen molar-refractivity contribution in [3.63, 3.8) is 0 Å². The Kier molecular flexibility index (Phi) is 4.33. The zero-order valence-corrected chi connectivity index (χ0v) is 13.6. The van der Waals surface area contributed by atoms with Gasteiger partial charge in [-0.25, -0.2) is 0 Å². The number of H-pyrrole nitrogens is 1. The van der Waals surface area contributed by atoms with Crippen LogP contribution < -0.4 is 11.1 Å². The Morgan fingerprint density at radius 2 is 1.87 bits per heavy atom. The number of para-hydroxylation sites is 1. The first kappa shape index (κ1) is 15.2. The van der Waals surface area contributed by atoms with Gasteiger partial charge in [0, 0.05) is 29.3 Å². The molecule has 23 heavy (non-hydrogen) atoms. The molecular formula is C19H22N4. The lowest BCUT2D eigenvalue weighted by Gasteiger charge is -2.08. The average molecular weight is 306 g/mol. The van der Waals surface area contributed by atoms with E-state index in [0.29, 0.717) is 12.5 Å². The van der Waals surface area contributed by atoms with Gasteiger partial charge >= 0.3 is 0 Å². The van der Waals surface area contributed by atoms with E-state index in [1.54, 1.807) is 0 Å².